The quantitative estimate of drug-likeness (QED) is 0.0659. The van der Waals surface area contributed by atoms with Gasteiger partial charge in [0, 0.05) is 0 Å². The molecule has 0 N–H and O–H groups in total. The minimum atomic E-state index is 0.500. The van der Waals surface area contributed by atoms with Crippen LogP contribution in [0.15, 0.2) is 0 Å². The van der Waals surface area contributed by atoms with Crippen molar-refractivity contribution in [2.24, 2.45) is 0 Å². The second-order valence-electron chi connectivity index (χ2n) is 15.5. The first-order chi connectivity index (χ1) is 22.1. The Morgan fingerprint density at radius 2 is 0.689 bits per heavy atom. The predicted octanol–water partition coefficient (Wildman–Crippen LogP) is 13.8. The predicted molar refractivity (Wildman–Crippen MR) is 196 cm³/mol. The van der Waals surface area contributed by atoms with Gasteiger partial charge in [0.2, 0.25) is 0 Å². The van der Waals surface area contributed by atoms with Crippen LogP contribution in [0.5, 0.6) is 0 Å². The van der Waals surface area contributed by atoms with Crippen molar-refractivity contribution in [3.8, 4) is 0 Å². The molecule has 268 valence electrons. The van der Waals surface area contributed by atoms with Crippen molar-refractivity contribution in [2.45, 2.75) is 270 Å². The number of unbranched alkanes of at least 4 members (excludes halogenated alkanes) is 20. The summed E-state index contributed by atoms with van der Waals surface area (Å²) in [5.74, 6) is 0. The van der Waals surface area contributed by atoms with Gasteiger partial charge in [-0.05, 0) is 65.2 Å². The smallest absolute Gasteiger partial charge is 0.0603 e. The zero-order chi connectivity index (χ0) is 32.2. The summed E-state index contributed by atoms with van der Waals surface area (Å²) < 4.78 is 18.6. The molecule has 2 saturated heterocycles. The minimum absolute atomic E-state index is 0.500. The Morgan fingerprint density at radius 1 is 0.422 bits per heavy atom. The van der Waals surface area contributed by atoms with Crippen molar-refractivity contribution in [1.29, 1.82) is 0 Å². The maximum atomic E-state index is 7.05. The third kappa shape index (κ3) is 23.0. The van der Waals surface area contributed by atoms with Crippen LogP contribution in [-0.2, 0) is 14.2 Å². The Labute approximate surface area is 283 Å². The van der Waals surface area contributed by atoms with Gasteiger partial charge < -0.3 is 14.2 Å². The van der Waals surface area contributed by atoms with E-state index < -0.39 is 0 Å². The van der Waals surface area contributed by atoms with Gasteiger partial charge in [0.25, 0.3) is 0 Å². The highest BCUT2D eigenvalue weighted by atomic mass is 16.5. The summed E-state index contributed by atoms with van der Waals surface area (Å²) in [6, 6.07) is 0. The van der Waals surface area contributed by atoms with Crippen molar-refractivity contribution in [3.05, 3.63) is 0 Å². The van der Waals surface area contributed by atoms with E-state index in [0.29, 0.717) is 36.6 Å². The first kappa shape index (κ1) is 41.1. The standard InChI is InChI=1S/C42H82O3/c1-5-7-9-17-23-29-39(31-25-19-13-11-15-21-27-33-41-35-37(3)43-41)45-40(30-24-18-10-8-6-2)32-26-20-14-12-16-22-28-34-42-36-38(4)44-42/h37-42H,5-36H2,1-4H3. The largest absolute Gasteiger partial charge is 0.375 e. The SMILES string of the molecule is CCCCCCCC(CCCCCCCCCC1CC(C)O1)OC(CCCCCCC)CCCCCCCCCC1CC(C)O1. The maximum Gasteiger partial charge on any atom is 0.0603 e. The molecule has 0 aromatic rings. The Hall–Kier alpha value is -0.120. The van der Waals surface area contributed by atoms with Crippen LogP contribution in [0, 0.1) is 0 Å². The highest BCUT2D eigenvalue weighted by Crippen LogP contribution is 2.27. The molecule has 2 heterocycles. The third-order valence-corrected chi connectivity index (χ3v) is 10.8. The van der Waals surface area contributed by atoms with Crippen LogP contribution >= 0.6 is 0 Å². The number of rotatable bonds is 34. The molecule has 0 spiro atoms. The van der Waals surface area contributed by atoms with Crippen LogP contribution in [0.3, 0.4) is 0 Å². The molecule has 0 saturated carbocycles. The van der Waals surface area contributed by atoms with Crippen LogP contribution in [0.1, 0.15) is 233 Å². The first-order valence-electron chi connectivity index (χ1n) is 21.1. The van der Waals surface area contributed by atoms with Crippen LogP contribution in [-0.4, -0.2) is 36.6 Å². The van der Waals surface area contributed by atoms with Crippen LogP contribution in [0.2, 0.25) is 0 Å². The molecule has 2 rings (SSSR count). The molecule has 0 radical (unpaired) electrons. The van der Waals surface area contributed by atoms with Gasteiger partial charge in [0.15, 0.2) is 0 Å². The number of hydrogen-bond donors (Lipinski definition) is 0. The van der Waals surface area contributed by atoms with E-state index in [-0.39, 0.29) is 0 Å². The Morgan fingerprint density at radius 3 is 0.978 bits per heavy atom. The molecule has 2 aliphatic heterocycles. The van der Waals surface area contributed by atoms with E-state index in [1.54, 1.807) is 0 Å². The molecule has 2 aliphatic rings. The molecule has 6 atom stereocenters. The molecular formula is C42H82O3. The van der Waals surface area contributed by atoms with Gasteiger partial charge >= 0.3 is 0 Å². The van der Waals surface area contributed by atoms with Gasteiger partial charge in [0.05, 0.1) is 36.6 Å². The highest BCUT2D eigenvalue weighted by molar-refractivity contribution is 4.74. The average molecular weight is 635 g/mol. The zero-order valence-electron chi connectivity index (χ0n) is 31.3. The van der Waals surface area contributed by atoms with Crippen molar-refractivity contribution in [3.63, 3.8) is 0 Å². The first-order valence-corrected chi connectivity index (χ1v) is 21.1. The topological polar surface area (TPSA) is 27.7 Å². The molecule has 0 aliphatic carbocycles. The van der Waals surface area contributed by atoms with E-state index in [1.807, 2.05) is 0 Å². The van der Waals surface area contributed by atoms with Gasteiger partial charge in [-0.25, -0.2) is 0 Å². The summed E-state index contributed by atoms with van der Waals surface area (Å²) in [6.45, 7) is 9.05. The fraction of sp³-hybridized carbons (Fsp3) is 1.00. The fourth-order valence-corrected chi connectivity index (χ4v) is 7.79. The maximum absolute atomic E-state index is 7.05. The third-order valence-electron chi connectivity index (χ3n) is 10.8. The second-order valence-corrected chi connectivity index (χ2v) is 15.5. The molecule has 0 aromatic carbocycles. The van der Waals surface area contributed by atoms with Gasteiger partial charge in [0.1, 0.15) is 0 Å². The summed E-state index contributed by atoms with van der Waals surface area (Å²) in [5.41, 5.74) is 0. The molecular weight excluding hydrogens is 552 g/mol. The number of hydrogen-bond acceptors (Lipinski definition) is 3. The highest BCUT2D eigenvalue weighted by Gasteiger charge is 2.25. The second kappa shape index (κ2) is 28.9. The van der Waals surface area contributed by atoms with Gasteiger partial charge in [-0.15, -0.1) is 0 Å². The van der Waals surface area contributed by atoms with E-state index in [0.717, 1.165) is 0 Å². The summed E-state index contributed by atoms with van der Waals surface area (Å²) >= 11 is 0. The average Bonchev–Trinajstić information content (AvgIpc) is 3.00. The molecule has 2 fully saturated rings. The normalized spacial score (nSPS) is 22.7. The molecule has 0 aromatic heterocycles. The van der Waals surface area contributed by atoms with Crippen molar-refractivity contribution in [2.75, 3.05) is 0 Å². The monoisotopic (exact) mass is 635 g/mol. The fourth-order valence-electron chi connectivity index (χ4n) is 7.79. The summed E-state index contributed by atoms with van der Waals surface area (Å²) in [6.07, 6.45) is 46.8. The molecule has 0 bridgehead atoms. The van der Waals surface area contributed by atoms with Gasteiger partial charge in [-0.1, -0.05) is 168 Å². The lowest BCUT2D eigenvalue weighted by molar-refractivity contribution is -0.117. The Balaban J connectivity index is 1.63. The summed E-state index contributed by atoms with van der Waals surface area (Å²) in [5, 5.41) is 0. The van der Waals surface area contributed by atoms with E-state index in [2.05, 4.69) is 27.7 Å². The van der Waals surface area contributed by atoms with Crippen LogP contribution in [0.25, 0.3) is 0 Å². The van der Waals surface area contributed by atoms with Crippen molar-refractivity contribution >= 4 is 0 Å². The van der Waals surface area contributed by atoms with E-state index >= 15 is 0 Å². The molecule has 3 heteroatoms. The van der Waals surface area contributed by atoms with E-state index in [1.165, 1.54) is 205 Å². The Bertz CT molecular complexity index is 559. The van der Waals surface area contributed by atoms with E-state index in [9.17, 15) is 0 Å². The lowest BCUT2D eigenvalue weighted by Crippen LogP contribution is -2.34. The van der Waals surface area contributed by atoms with Crippen LogP contribution in [0.4, 0.5) is 0 Å². The zero-order valence-corrected chi connectivity index (χ0v) is 31.3. The van der Waals surface area contributed by atoms with E-state index in [4.69, 9.17) is 14.2 Å². The lowest BCUT2D eigenvalue weighted by Gasteiger charge is -2.33. The Kier molecular flexibility index (Phi) is 26.3. The molecule has 45 heavy (non-hydrogen) atoms. The van der Waals surface area contributed by atoms with Crippen LogP contribution < -0.4 is 0 Å². The number of ether oxygens (including phenoxy) is 3. The van der Waals surface area contributed by atoms with Gasteiger partial charge in [-0.2, -0.15) is 0 Å². The molecule has 3 nitrogen and oxygen atoms in total. The minimum Gasteiger partial charge on any atom is -0.375 e. The summed E-state index contributed by atoms with van der Waals surface area (Å²) in [4.78, 5) is 0. The van der Waals surface area contributed by atoms with Crippen molar-refractivity contribution in [1.82, 2.24) is 0 Å². The van der Waals surface area contributed by atoms with Gasteiger partial charge in [-0.3, -0.25) is 0 Å². The molecule has 0 amide bonds. The summed E-state index contributed by atoms with van der Waals surface area (Å²) in [7, 11) is 0. The lowest BCUT2D eigenvalue weighted by atomic mass is 9.98. The molecule has 6 unspecified atom stereocenters. The van der Waals surface area contributed by atoms with Crippen molar-refractivity contribution < 1.29 is 14.2 Å².